The Morgan fingerprint density at radius 2 is 1.62 bits per heavy atom. The molecule has 0 bridgehead atoms. The van der Waals surface area contributed by atoms with Crippen LogP contribution in [0.2, 0.25) is 0 Å². The van der Waals surface area contributed by atoms with Crippen LogP contribution in [-0.2, 0) is 10.2 Å². The van der Waals surface area contributed by atoms with Crippen LogP contribution in [0.4, 0.5) is 0 Å². The second kappa shape index (κ2) is 7.63. The number of nitrogens with zero attached hydrogens (tertiary/aromatic N) is 1. The molecule has 0 N–H and O–H groups in total. The summed E-state index contributed by atoms with van der Waals surface area (Å²) in [6, 6.07) is 8.29. The van der Waals surface area contributed by atoms with Crippen LogP contribution < -0.4 is 0 Å². The van der Waals surface area contributed by atoms with Crippen LogP contribution in [0.15, 0.2) is 55.7 Å². The van der Waals surface area contributed by atoms with Gasteiger partial charge < -0.3 is 4.90 Å². The minimum Gasteiger partial charge on any atom is -0.332 e. The molecule has 0 aromatic heterocycles. The van der Waals surface area contributed by atoms with Crippen molar-refractivity contribution in [2.24, 2.45) is 0 Å². The molecular weight excluding hydrogens is 258 g/mol. The maximum Gasteiger partial charge on any atom is 0.247 e. The van der Waals surface area contributed by atoms with E-state index in [9.17, 15) is 4.79 Å². The van der Waals surface area contributed by atoms with Crippen LogP contribution in [0.1, 0.15) is 31.9 Å². The molecule has 2 heteroatoms. The van der Waals surface area contributed by atoms with Crippen LogP contribution in [-0.4, -0.2) is 23.9 Å². The highest BCUT2D eigenvalue weighted by atomic mass is 16.2. The molecule has 0 atom stereocenters. The first kappa shape index (κ1) is 17.0. The highest BCUT2D eigenvalue weighted by Gasteiger charge is 2.12. The quantitative estimate of drug-likeness (QED) is 0.566. The predicted molar refractivity (Wildman–Crippen MR) is 91.2 cm³/mol. The predicted octanol–water partition coefficient (Wildman–Crippen LogP) is 4.20. The Hall–Kier alpha value is -2.09. The molecule has 1 aromatic carbocycles. The molecule has 1 aromatic rings. The van der Waals surface area contributed by atoms with Gasteiger partial charge in [-0.1, -0.05) is 57.2 Å². The normalized spacial score (nSPS) is 11.4. The Labute approximate surface area is 128 Å². The van der Waals surface area contributed by atoms with Gasteiger partial charge in [0, 0.05) is 19.2 Å². The number of hydrogen-bond donors (Lipinski definition) is 0. The van der Waals surface area contributed by atoms with Gasteiger partial charge in [0.1, 0.15) is 0 Å². The number of benzene rings is 1. The molecule has 0 heterocycles. The van der Waals surface area contributed by atoms with E-state index in [1.807, 2.05) is 18.2 Å². The summed E-state index contributed by atoms with van der Waals surface area (Å²) >= 11 is 0. The molecule has 0 radical (unpaired) electrons. The first-order valence-electron chi connectivity index (χ1n) is 7.18. The first-order valence-corrected chi connectivity index (χ1v) is 7.18. The number of rotatable bonds is 6. The number of amides is 1. The summed E-state index contributed by atoms with van der Waals surface area (Å²) in [6.45, 7) is 14.9. The van der Waals surface area contributed by atoms with E-state index in [1.54, 1.807) is 23.1 Å². The molecule has 0 saturated carbocycles. The van der Waals surface area contributed by atoms with E-state index in [-0.39, 0.29) is 11.3 Å². The van der Waals surface area contributed by atoms with Crippen molar-refractivity contribution in [3.8, 4) is 0 Å². The van der Waals surface area contributed by atoms with Gasteiger partial charge in [0.2, 0.25) is 5.91 Å². The summed E-state index contributed by atoms with van der Waals surface area (Å²) in [7, 11) is 0. The van der Waals surface area contributed by atoms with E-state index in [0.29, 0.717) is 13.1 Å². The molecule has 0 aliphatic heterocycles. The van der Waals surface area contributed by atoms with Gasteiger partial charge in [-0.15, -0.1) is 13.2 Å². The lowest BCUT2D eigenvalue weighted by molar-refractivity contribution is -0.124. The van der Waals surface area contributed by atoms with Crippen molar-refractivity contribution in [3.05, 3.63) is 66.8 Å². The molecule has 1 amide bonds. The summed E-state index contributed by atoms with van der Waals surface area (Å²) in [5.41, 5.74) is 2.45. The molecule has 21 heavy (non-hydrogen) atoms. The third-order valence-corrected chi connectivity index (χ3v) is 3.21. The molecule has 0 spiro atoms. The summed E-state index contributed by atoms with van der Waals surface area (Å²) in [6.07, 6.45) is 6.87. The van der Waals surface area contributed by atoms with Crippen molar-refractivity contribution in [3.63, 3.8) is 0 Å². The molecule has 0 aliphatic carbocycles. The third-order valence-electron chi connectivity index (χ3n) is 3.21. The summed E-state index contributed by atoms with van der Waals surface area (Å²) in [5, 5.41) is 0. The number of carbonyl (C=O) groups excluding carboxylic acids is 1. The Balaban J connectivity index is 2.77. The van der Waals surface area contributed by atoms with Gasteiger partial charge in [0.15, 0.2) is 0 Å². The highest BCUT2D eigenvalue weighted by molar-refractivity contribution is 5.92. The van der Waals surface area contributed by atoms with Crippen LogP contribution in [0, 0.1) is 0 Å². The Morgan fingerprint density at radius 3 is 2.05 bits per heavy atom. The molecule has 0 unspecified atom stereocenters. The van der Waals surface area contributed by atoms with Crippen LogP contribution in [0.25, 0.3) is 6.08 Å². The van der Waals surface area contributed by atoms with E-state index >= 15 is 0 Å². The average molecular weight is 283 g/mol. The molecule has 112 valence electrons. The summed E-state index contributed by atoms with van der Waals surface area (Å²) in [4.78, 5) is 13.7. The lowest BCUT2D eigenvalue weighted by Gasteiger charge is -2.19. The average Bonchev–Trinajstić information content (AvgIpc) is 2.44. The van der Waals surface area contributed by atoms with Crippen molar-refractivity contribution >= 4 is 12.0 Å². The third kappa shape index (κ3) is 5.42. The van der Waals surface area contributed by atoms with Gasteiger partial charge in [-0.2, -0.15) is 0 Å². The first-order chi connectivity index (χ1) is 9.88. The molecule has 2 nitrogen and oxygen atoms in total. The Morgan fingerprint density at radius 1 is 1.10 bits per heavy atom. The summed E-state index contributed by atoms with van der Waals surface area (Å²) in [5.74, 6) is -0.0327. The van der Waals surface area contributed by atoms with E-state index in [2.05, 4.69) is 46.1 Å². The van der Waals surface area contributed by atoms with Crippen LogP contribution >= 0.6 is 0 Å². The zero-order valence-electron chi connectivity index (χ0n) is 13.3. The van der Waals surface area contributed by atoms with Crippen molar-refractivity contribution in [1.29, 1.82) is 0 Å². The van der Waals surface area contributed by atoms with Gasteiger partial charge in [0.05, 0.1) is 0 Å². The van der Waals surface area contributed by atoms with Gasteiger partial charge in [-0.3, -0.25) is 4.79 Å². The minimum absolute atomic E-state index is 0.0327. The van der Waals surface area contributed by atoms with Gasteiger partial charge in [0.25, 0.3) is 0 Å². The topological polar surface area (TPSA) is 20.3 Å². The smallest absolute Gasteiger partial charge is 0.247 e. The summed E-state index contributed by atoms with van der Waals surface area (Å²) < 4.78 is 0. The Bertz CT molecular complexity index is 507. The number of hydrogen-bond acceptors (Lipinski definition) is 1. The molecular formula is C19H25NO. The lowest BCUT2D eigenvalue weighted by Crippen LogP contribution is -2.29. The van der Waals surface area contributed by atoms with Crippen LogP contribution in [0.5, 0.6) is 0 Å². The standard InChI is InChI=1S/C19H25NO/c1-6-14-20(15-7-2)18(21)13-10-16-8-11-17(12-9-16)19(3,4)5/h6-13H,1-2,14-15H2,3-5H3/b13-10+. The Kier molecular flexibility index (Phi) is 6.16. The maximum atomic E-state index is 12.1. The van der Waals surface area contributed by atoms with Crippen molar-refractivity contribution < 1.29 is 4.79 Å². The molecule has 0 fully saturated rings. The second-order valence-corrected chi connectivity index (χ2v) is 6.03. The fourth-order valence-electron chi connectivity index (χ4n) is 1.93. The van der Waals surface area contributed by atoms with E-state index in [1.165, 1.54) is 5.56 Å². The van der Waals surface area contributed by atoms with E-state index in [4.69, 9.17) is 0 Å². The van der Waals surface area contributed by atoms with Gasteiger partial charge >= 0.3 is 0 Å². The molecule has 1 rings (SSSR count). The van der Waals surface area contributed by atoms with Crippen molar-refractivity contribution in [2.45, 2.75) is 26.2 Å². The lowest BCUT2D eigenvalue weighted by atomic mass is 9.87. The number of carbonyl (C=O) groups is 1. The van der Waals surface area contributed by atoms with E-state index in [0.717, 1.165) is 5.56 Å². The zero-order chi connectivity index (χ0) is 15.9. The largest absolute Gasteiger partial charge is 0.332 e. The SMILES string of the molecule is C=CCN(CC=C)C(=O)/C=C/c1ccc(C(C)(C)C)cc1. The molecule has 0 aliphatic rings. The highest BCUT2D eigenvalue weighted by Crippen LogP contribution is 2.22. The van der Waals surface area contributed by atoms with E-state index < -0.39 is 0 Å². The van der Waals surface area contributed by atoms with Crippen molar-refractivity contribution in [2.75, 3.05) is 13.1 Å². The maximum absolute atomic E-state index is 12.1. The fourth-order valence-corrected chi connectivity index (χ4v) is 1.93. The van der Waals surface area contributed by atoms with Gasteiger partial charge in [-0.05, 0) is 22.6 Å². The van der Waals surface area contributed by atoms with Crippen LogP contribution in [0.3, 0.4) is 0 Å². The fraction of sp³-hybridized carbons (Fsp3) is 0.316. The monoisotopic (exact) mass is 283 g/mol. The van der Waals surface area contributed by atoms with Gasteiger partial charge in [-0.25, -0.2) is 0 Å². The zero-order valence-corrected chi connectivity index (χ0v) is 13.3. The van der Waals surface area contributed by atoms with Crippen molar-refractivity contribution in [1.82, 2.24) is 4.90 Å². The molecule has 0 saturated heterocycles. The minimum atomic E-state index is -0.0327. The second-order valence-electron chi connectivity index (χ2n) is 6.03.